The molecular formula is C22H29N5O. The maximum absolute atomic E-state index is 11.9. The van der Waals surface area contributed by atoms with E-state index in [0.29, 0.717) is 13.1 Å². The van der Waals surface area contributed by atoms with Crippen molar-refractivity contribution in [1.29, 1.82) is 0 Å². The summed E-state index contributed by atoms with van der Waals surface area (Å²) in [5.41, 5.74) is 5.74. The van der Waals surface area contributed by atoms with E-state index in [-0.39, 0.29) is 5.91 Å². The van der Waals surface area contributed by atoms with Gasteiger partial charge in [0.15, 0.2) is 0 Å². The average Bonchev–Trinajstić information content (AvgIpc) is 3.14. The zero-order chi connectivity index (χ0) is 20.1. The van der Waals surface area contributed by atoms with E-state index in [1.807, 2.05) is 31.3 Å². The van der Waals surface area contributed by atoms with Gasteiger partial charge in [0.2, 0.25) is 5.91 Å². The maximum atomic E-state index is 11.9. The number of hydrogen-bond donors (Lipinski definition) is 1. The van der Waals surface area contributed by atoms with E-state index in [9.17, 15) is 4.79 Å². The molecule has 0 atom stereocenters. The van der Waals surface area contributed by atoms with E-state index < -0.39 is 0 Å². The first-order chi connectivity index (χ1) is 13.5. The molecule has 6 heteroatoms. The molecule has 1 amide bonds. The minimum absolute atomic E-state index is 0.115. The first kappa shape index (κ1) is 19.9. The highest BCUT2D eigenvalue weighted by molar-refractivity contribution is 6.09. The topological polar surface area (TPSA) is 62.5 Å². The molecule has 1 N–H and O–H groups in total. The Morgan fingerprint density at radius 3 is 2.54 bits per heavy atom. The van der Waals surface area contributed by atoms with Gasteiger partial charge < -0.3 is 10.2 Å². The van der Waals surface area contributed by atoms with Gasteiger partial charge in [-0.3, -0.25) is 14.5 Å². The molecule has 1 aliphatic rings. The fourth-order valence-electron chi connectivity index (χ4n) is 3.53. The molecule has 0 aliphatic carbocycles. The van der Waals surface area contributed by atoms with Gasteiger partial charge in [0.1, 0.15) is 5.84 Å². The molecule has 2 aromatic rings. The van der Waals surface area contributed by atoms with Crippen LogP contribution < -0.4 is 5.32 Å². The Balaban J connectivity index is 1.83. The molecule has 0 bridgehead atoms. The first-order valence-electron chi connectivity index (χ1n) is 9.89. The van der Waals surface area contributed by atoms with Gasteiger partial charge in [-0.15, -0.1) is 0 Å². The van der Waals surface area contributed by atoms with Crippen LogP contribution in [0.1, 0.15) is 33.6 Å². The fraction of sp³-hybridized carbons (Fsp3) is 0.409. The van der Waals surface area contributed by atoms with Gasteiger partial charge >= 0.3 is 0 Å². The molecule has 148 valence electrons. The first-order valence-corrected chi connectivity index (χ1v) is 9.89. The van der Waals surface area contributed by atoms with Crippen LogP contribution in [0.4, 0.5) is 5.69 Å². The molecule has 0 fully saturated rings. The van der Waals surface area contributed by atoms with E-state index in [1.54, 1.807) is 11.6 Å². The van der Waals surface area contributed by atoms with E-state index in [1.165, 1.54) is 5.57 Å². The summed E-state index contributed by atoms with van der Waals surface area (Å²) in [5, 5.41) is 7.72. The smallest absolute Gasteiger partial charge is 0.219 e. The Morgan fingerprint density at radius 2 is 1.96 bits per heavy atom. The number of rotatable bonds is 5. The molecule has 0 spiro atoms. The molecule has 0 radical (unpaired) electrons. The second-order valence-corrected chi connectivity index (χ2v) is 7.05. The van der Waals surface area contributed by atoms with Crippen LogP contribution in [0.25, 0.3) is 11.1 Å². The molecule has 0 saturated heterocycles. The lowest BCUT2D eigenvalue weighted by molar-refractivity contribution is -0.128. The number of hydrogen-bond acceptors (Lipinski definition) is 3. The van der Waals surface area contributed by atoms with Gasteiger partial charge in [0.25, 0.3) is 0 Å². The quantitative estimate of drug-likeness (QED) is 0.633. The van der Waals surface area contributed by atoms with E-state index >= 15 is 0 Å². The SMILES string of the molecule is CCN=C(Nc1ccc(-c2cnn(C)c2)cc1)C1=C(CC)CCN(C(C)=O)C1. The number of amides is 1. The molecule has 3 rings (SSSR count). The van der Waals surface area contributed by atoms with Crippen molar-refractivity contribution in [2.24, 2.45) is 12.0 Å². The average molecular weight is 380 g/mol. The van der Waals surface area contributed by atoms with Crippen molar-refractivity contribution < 1.29 is 4.79 Å². The van der Waals surface area contributed by atoms with Gasteiger partial charge in [-0.25, -0.2) is 0 Å². The molecule has 1 aromatic carbocycles. The highest BCUT2D eigenvalue weighted by Gasteiger charge is 2.23. The maximum Gasteiger partial charge on any atom is 0.219 e. The van der Waals surface area contributed by atoms with Crippen LogP contribution in [-0.4, -0.2) is 46.1 Å². The number of anilines is 1. The van der Waals surface area contributed by atoms with E-state index in [4.69, 9.17) is 4.99 Å². The lowest BCUT2D eigenvalue weighted by Gasteiger charge is -2.31. The molecule has 0 unspecified atom stereocenters. The van der Waals surface area contributed by atoms with Crippen molar-refractivity contribution in [2.75, 3.05) is 25.0 Å². The normalized spacial score (nSPS) is 15.1. The third-order valence-electron chi connectivity index (χ3n) is 5.12. The molecule has 28 heavy (non-hydrogen) atoms. The van der Waals surface area contributed by atoms with Crippen LogP contribution >= 0.6 is 0 Å². The van der Waals surface area contributed by atoms with E-state index in [2.05, 4.69) is 41.6 Å². The molecule has 2 heterocycles. The number of amidine groups is 1. The lowest BCUT2D eigenvalue weighted by atomic mass is 9.96. The second kappa shape index (κ2) is 8.87. The largest absolute Gasteiger partial charge is 0.340 e. The molecule has 1 aromatic heterocycles. The third-order valence-corrected chi connectivity index (χ3v) is 5.12. The number of benzene rings is 1. The van der Waals surface area contributed by atoms with Crippen LogP contribution in [0.2, 0.25) is 0 Å². The summed E-state index contributed by atoms with van der Waals surface area (Å²) < 4.78 is 1.80. The van der Waals surface area contributed by atoms with Crippen molar-refractivity contribution in [2.45, 2.75) is 33.6 Å². The molecule has 6 nitrogen and oxygen atoms in total. The van der Waals surface area contributed by atoms with Crippen LogP contribution in [0, 0.1) is 0 Å². The minimum Gasteiger partial charge on any atom is -0.340 e. The predicted octanol–water partition coefficient (Wildman–Crippen LogP) is 3.88. The number of aryl methyl sites for hydroxylation is 1. The minimum atomic E-state index is 0.115. The Labute approximate surface area is 167 Å². The summed E-state index contributed by atoms with van der Waals surface area (Å²) in [4.78, 5) is 18.5. The van der Waals surface area contributed by atoms with Gasteiger partial charge in [-0.1, -0.05) is 24.6 Å². The highest BCUT2D eigenvalue weighted by atomic mass is 16.2. The fourth-order valence-corrected chi connectivity index (χ4v) is 3.53. The monoisotopic (exact) mass is 379 g/mol. The zero-order valence-electron chi connectivity index (χ0n) is 17.2. The number of aromatic nitrogens is 2. The Hall–Kier alpha value is -2.89. The Morgan fingerprint density at radius 1 is 1.21 bits per heavy atom. The van der Waals surface area contributed by atoms with E-state index in [0.717, 1.165) is 47.6 Å². The summed E-state index contributed by atoms with van der Waals surface area (Å²) in [5.74, 6) is 0.990. The summed E-state index contributed by atoms with van der Waals surface area (Å²) in [6.45, 7) is 7.95. The molecule has 0 saturated carbocycles. The number of carbonyl (C=O) groups is 1. The Kier molecular flexibility index (Phi) is 6.29. The standard InChI is InChI=1S/C22H29N5O/c1-5-17-11-12-27(16(3)28)15-21(17)22(23-6-2)25-20-9-7-18(8-10-20)19-13-24-26(4)14-19/h7-10,13-14H,5-6,11-12,15H2,1-4H3,(H,23,25). The van der Waals surface area contributed by atoms with Crippen LogP contribution in [-0.2, 0) is 11.8 Å². The summed E-state index contributed by atoms with van der Waals surface area (Å²) >= 11 is 0. The van der Waals surface area contributed by atoms with Gasteiger partial charge in [-0.2, -0.15) is 5.10 Å². The van der Waals surface area contributed by atoms with Gasteiger partial charge in [-0.05, 0) is 37.5 Å². The van der Waals surface area contributed by atoms with Crippen LogP contribution in [0.5, 0.6) is 0 Å². The van der Waals surface area contributed by atoms with Crippen LogP contribution in [0.15, 0.2) is 52.8 Å². The van der Waals surface area contributed by atoms with Gasteiger partial charge in [0, 0.05) is 56.6 Å². The van der Waals surface area contributed by atoms with Crippen LogP contribution in [0.3, 0.4) is 0 Å². The number of carbonyl (C=O) groups excluding carboxylic acids is 1. The number of aliphatic imine (C=N–C) groups is 1. The predicted molar refractivity (Wildman–Crippen MR) is 114 cm³/mol. The summed E-state index contributed by atoms with van der Waals surface area (Å²) in [7, 11) is 1.92. The molecule has 1 aliphatic heterocycles. The summed E-state index contributed by atoms with van der Waals surface area (Å²) in [6, 6.07) is 8.29. The number of nitrogens with one attached hydrogen (secondary N) is 1. The van der Waals surface area contributed by atoms with Crippen molar-refractivity contribution in [3.8, 4) is 11.1 Å². The number of nitrogens with zero attached hydrogens (tertiary/aromatic N) is 4. The molecular weight excluding hydrogens is 350 g/mol. The third kappa shape index (κ3) is 4.50. The zero-order valence-corrected chi connectivity index (χ0v) is 17.2. The Bertz CT molecular complexity index is 892. The van der Waals surface area contributed by atoms with Crippen molar-refractivity contribution in [1.82, 2.24) is 14.7 Å². The summed E-state index contributed by atoms with van der Waals surface area (Å²) in [6.07, 6.45) is 5.76. The van der Waals surface area contributed by atoms with Crippen molar-refractivity contribution >= 4 is 17.4 Å². The second-order valence-electron chi connectivity index (χ2n) is 7.05. The highest BCUT2D eigenvalue weighted by Crippen LogP contribution is 2.25. The van der Waals surface area contributed by atoms with Crippen molar-refractivity contribution in [3.05, 3.63) is 47.8 Å². The lowest BCUT2D eigenvalue weighted by Crippen LogP contribution is -2.38. The van der Waals surface area contributed by atoms with Gasteiger partial charge in [0.05, 0.1) is 6.20 Å². The van der Waals surface area contributed by atoms with Crippen molar-refractivity contribution in [3.63, 3.8) is 0 Å².